The molecule has 0 bridgehead atoms. The monoisotopic (exact) mass is 517 g/mol. The number of aromatic nitrogens is 5. The van der Waals surface area contributed by atoms with Gasteiger partial charge in [-0.05, 0) is 36.5 Å². The van der Waals surface area contributed by atoms with Crippen molar-refractivity contribution in [2.75, 3.05) is 20.7 Å². The SMILES string of the molecule is COc1cc(-c2n[nH]c(-c3ccc(C(C)N(C)C(=O)[C@@H]4CCN4C(=O)O)cc3)c2C(C)C)cn2ncnc12. The van der Waals surface area contributed by atoms with Crippen LogP contribution >= 0.6 is 0 Å². The number of methoxy groups -OCH3 is 1. The second kappa shape index (κ2) is 9.81. The molecule has 0 aliphatic carbocycles. The number of likely N-dealkylation sites (N-methyl/N-ethyl adjacent to an activating group) is 1. The minimum Gasteiger partial charge on any atom is -0.493 e. The lowest BCUT2D eigenvalue weighted by Gasteiger charge is -2.40. The molecule has 1 saturated heterocycles. The predicted octanol–water partition coefficient (Wildman–Crippen LogP) is 4.19. The highest BCUT2D eigenvalue weighted by Gasteiger charge is 2.40. The van der Waals surface area contributed by atoms with E-state index in [4.69, 9.17) is 4.74 Å². The van der Waals surface area contributed by atoms with Crippen LogP contribution < -0.4 is 4.74 Å². The number of fused-ring (bicyclic) bond motifs is 1. The Labute approximate surface area is 220 Å². The number of rotatable bonds is 7. The summed E-state index contributed by atoms with van der Waals surface area (Å²) in [6, 6.07) is 9.12. The van der Waals surface area contributed by atoms with Crippen LogP contribution in [0.25, 0.3) is 28.2 Å². The molecule has 11 nitrogen and oxygen atoms in total. The van der Waals surface area contributed by atoms with Gasteiger partial charge in [-0.2, -0.15) is 10.2 Å². The molecule has 5 rings (SSSR count). The maximum atomic E-state index is 12.9. The molecule has 0 radical (unpaired) electrons. The second-order valence-electron chi connectivity index (χ2n) is 9.87. The number of ether oxygens (including phenoxy) is 1. The number of amides is 2. The number of nitrogens with zero attached hydrogens (tertiary/aromatic N) is 6. The van der Waals surface area contributed by atoms with Gasteiger partial charge in [-0.25, -0.2) is 14.3 Å². The van der Waals surface area contributed by atoms with E-state index < -0.39 is 12.1 Å². The van der Waals surface area contributed by atoms with E-state index in [0.29, 0.717) is 24.4 Å². The number of nitrogens with one attached hydrogen (secondary N) is 1. The smallest absolute Gasteiger partial charge is 0.407 e. The van der Waals surface area contributed by atoms with Crippen molar-refractivity contribution < 1.29 is 19.4 Å². The van der Waals surface area contributed by atoms with Gasteiger partial charge < -0.3 is 14.7 Å². The van der Waals surface area contributed by atoms with Crippen LogP contribution in [0.3, 0.4) is 0 Å². The van der Waals surface area contributed by atoms with Crippen molar-refractivity contribution in [3.8, 4) is 28.3 Å². The van der Waals surface area contributed by atoms with Crippen molar-refractivity contribution in [1.82, 2.24) is 34.6 Å². The zero-order valence-electron chi connectivity index (χ0n) is 22.0. The van der Waals surface area contributed by atoms with Gasteiger partial charge in [0.1, 0.15) is 12.4 Å². The molecule has 1 fully saturated rings. The van der Waals surface area contributed by atoms with Crippen LogP contribution in [0.2, 0.25) is 0 Å². The molecule has 4 aromatic rings. The van der Waals surface area contributed by atoms with E-state index in [-0.39, 0.29) is 17.9 Å². The number of hydrogen-bond acceptors (Lipinski definition) is 6. The summed E-state index contributed by atoms with van der Waals surface area (Å²) in [5, 5.41) is 21.4. The number of pyridine rings is 1. The van der Waals surface area contributed by atoms with Crippen LogP contribution in [0.4, 0.5) is 4.79 Å². The largest absolute Gasteiger partial charge is 0.493 e. The normalized spacial score (nSPS) is 15.9. The summed E-state index contributed by atoms with van der Waals surface area (Å²) >= 11 is 0. The molecule has 0 spiro atoms. The number of carbonyl (C=O) groups excluding carboxylic acids is 1. The molecule has 2 amide bonds. The van der Waals surface area contributed by atoms with Crippen molar-refractivity contribution in [1.29, 1.82) is 0 Å². The highest BCUT2D eigenvalue weighted by atomic mass is 16.5. The van der Waals surface area contributed by atoms with Gasteiger partial charge in [-0.15, -0.1) is 0 Å². The third-order valence-corrected chi connectivity index (χ3v) is 7.38. The zero-order chi connectivity index (χ0) is 27.1. The Morgan fingerprint density at radius 2 is 1.92 bits per heavy atom. The van der Waals surface area contributed by atoms with Gasteiger partial charge in [0.25, 0.3) is 0 Å². The van der Waals surface area contributed by atoms with Crippen LogP contribution in [0.1, 0.15) is 50.3 Å². The van der Waals surface area contributed by atoms with E-state index in [0.717, 1.165) is 33.6 Å². The van der Waals surface area contributed by atoms with E-state index >= 15 is 0 Å². The van der Waals surface area contributed by atoms with Crippen LogP contribution in [0.15, 0.2) is 42.9 Å². The van der Waals surface area contributed by atoms with Gasteiger partial charge in [0.15, 0.2) is 11.4 Å². The average Bonchev–Trinajstić information content (AvgIpc) is 3.53. The number of carbonyl (C=O) groups is 2. The molecule has 11 heteroatoms. The highest BCUT2D eigenvalue weighted by molar-refractivity contribution is 5.87. The molecule has 2 N–H and O–H groups in total. The van der Waals surface area contributed by atoms with Crippen molar-refractivity contribution in [2.24, 2.45) is 0 Å². The molecular weight excluding hydrogens is 486 g/mol. The molecule has 1 aliphatic heterocycles. The molecule has 0 saturated carbocycles. The fraction of sp³-hybridized carbons (Fsp3) is 0.370. The lowest BCUT2D eigenvalue weighted by Crippen LogP contribution is -2.58. The Kier molecular flexibility index (Phi) is 6.52. The Morgan fingerprint density at radius 3 is 2.53 bits per heavy atom. The lowest BCUT2D eigenvalue weighted by atomic mass is 9.93. The average molecular weight is 518 g/mol. The second-order valence-corrected chi connectivity index (χ2v) is 9.87. The van der Waals surface area contributed by atoms with E-state index in [9.17, 15) is 14.7 Å². The van der Waals surface area contributed by atoms with Gasteiger partial charge >= 0.3 is 6.09 Å². The summed E-state index contributed by atoms with van der Waals surface area (Å²) < 4.78 is 7.21. The number of benzene rings is 1. The van der Waals surface area contributed by atoms with E-state index in [1.54, 1.807) is 23.6 Å². The van der Waals surface area contributed by atoms with Crippen molar-refractivity contribution in [3.05, 3.63) is 54.0 Å². The van der Waals surface area contributed by atoms with Gasteiger partial charge in [-0.1, -0.05) is 38.1 Å². The summed E-state index contributed by atoms with van der Waals surface area (Å²) in [5.41, 5.74) is 6.24. The summed E-state index contributed by atoms with van der Waals surface area (Å²) in [7, 11) is 3.33. The molecule has 2 atom stereocenters. The summed E-state index contributed by atoms with van der Waals surface area (Å²) in [4.78, 5) is 31.3. The van der Waals surface area contributed by atoms with Gasteiger partial charge in [-0.3, -0.25) is 14.8 Å². The van der Waals surface area contributed by atoms with E-state index in [1.165, 1.54) is 11.2 Å². The zero-order valence-corrected chi connectivity index (χ0v) is 22.0. The minimum absolute atomic E-state index is 0.179. The molecular formula is C27H31N7O4. The standard InChI is InChI=1S/C27H31N7O4/c1-15(2)22-23(30-31-24(22)19-12-21(38-5)25-28-14-29-34(25)13-19)18-8-6-17(7-9-18)16(3)32(4)26(35)20-10-11-33(20)27(36)37/h6-9,12-16,20H,10-11H2,1-5H3,(H,30,31)(H,36,37)/t16?,20-/m0/s1. The Bertz CT molecular complexity index is 1490. The molecule has 4 heterocycles. The third kappa shape index (κ3) is 4.23. The van der Waals surface area contributed by atoms with Crippen LogP contribution in [-0.4, -0.2) is 78.4 Å². The molecule has 1 aliphatic rings. The molecule has 3 aromatic heterocycles. The summed E-state index contributed by atoms with van der Waals surface area (Å²) in [5.74, 6) is 0.609. The predicted molar refractivity (Wildman–Crippen MR) is 141 cm³/mol. The minimum atomic E-state index is -1.06. The maximum Gasteiger partial charge on any atom is 0.407 e. The fourth-order valence-corrected chi connectivity index (χ4v) is 4.98. The molecule has 1 unspecified atom stereocenters. The summed E-state index contributed by atoms with van der Waals surface area (Å²) in [6.07, 6.45) is 2.88. The van der Waals surface area contributed by atoms with E-state index in [1.807, 2.05) is 43.5 Å². The van der Waals surface area contributed by atoms with Crippen LogP contribution in [0, 0.1) is 0 Å². The Hall–Kier alpha value is -4.41. The van der Waals surface area contributed by atoms with Crippen molar-refractivity contribution in [2.45, 2.75) is 45.2 Å². The fourth-order valence-electron chi connectivity index (χ4n) is 4.98. The molecule has 1 aromatic carbocycles. The third-order valence-electron chi connectivity index (χ3n) is 7.38. The highest BCUT2D eigenvalue weighted by Crippen LogP contribution is 2.37. The quantitative estimate of drug-likeness (QED) is 0.376. The van der Waals surface area contributed by atoms with Gasteiger partial charge in [0.2, 0.25) is 5.91 Å². The first-order chi connectivity index (χ1) is 18.2. The summed E-state index contributed by atoms with van der Waals surface area (Å²) in [6.45, 7) is 6.59. The number of aromatic amines is 1. The topological polar surface area (TPSA) is 129 Å². The molecule has 38 heavy (non-hydrogen) atoms. The number of H-pyrrole nitrogens is 1. The first-order valence-corrected chi connectivity index (χ1v) is 12.5. The first kappa shape index (κ1) is 25.2. The number of carboxylic acid groups (broad SMARTS) is 1. The molecule has 198 valence electrons. The van der Waals surface area contributed by atoms with Crippen molar-refractivity contribution in [3.63, 3.8) is 0 Å². The first-order valence-electron chi connectivity index (χ1n) is 12.5. The Morgan fingerprint density at radius 1 is 1.18 bits per heavy atom. The van der Waals surface area contributed by atoms with Crippen LogP contribution in [0.5, 0.6) is 5.75 Å². The van der Waals surface area contributed by atoms with E-state index in [2.05, 4.69) is 34.1 Å². The van der Waals surface area contributed by atoms with Crippen molar-refractivity contribution >= 4 is 17.6 Å². The van der Waals surface area contributed by atoms with Crippen LogP contribution in [-0.2, 0) is 4.79 Å². The van der Waals surface area contributed by atoms with Gasteiger partial charge in [0.05, 0.1) is 24.5 Å². The number of hydrogen-bond donors (Lipinski definition) is 2. The van der Waals surface area contributed by atoms with Gasteiger partial charge in [0, 0.05) is 30.9 Å². The number of likely N-dealkylation sites (tertiary alicyclic amines) is 1. The lowest BCUT2D eigenvalue weighted by molar-refractivity contribution is -0.140. The Balaban J connectivity index is 1.42. The maximum absolute atomic E-state index is 12.9.